The molecule has 0 fully saturated rings. The lowest BCUT2D eigenvalue weighted by Crippen LogP contribution is -2.19. The molecule has 0 unspecified atom stereocenters. The summed E-state index contributed by atoms with van der Waals surface area (Å²) < 4.78 is 31.2. The fraction of sp³-hybridized carbons (Fsp3) is 0.231. The van der Waals surface area contributed by atoms with Crippen LogP contribution in [0.2, 0.25) is 0 Å². The van der Waals surface area contributed by atoms with E-state index in [4.69, 9.17) is 4.74 Å². The summed E-state index contributed by atoms with van der Waals surface area (Å²) in [6, 6.07) is 16.2. The summed E-state index contributed by atoms with van der Waals surface area (Å²) in [6.07, 6.45) is 5.88. The molecule has 0 aliphatic rings. The number of hydrogen-bond acceptors (Lipinski definition) is 8. The number of amides is 1. The van der Waals surface area contributed by atoms with E-state index in [9.17, 15) is 13.2 Å². The van der Waals surface area contributed by atoms with Gasteiger partial charge in [-0.25, -0.2) is 22.7 Å². The van der Waals surface area contributed by atoms with Crippen LogP contribution in [0.1, 0.15) is 18.1 Å². The van der Waals surface area contributed by atoms with E-state index in [0.717, 1.165) is 28.4 Å². The molecule has 5 rings (SSSR count). The van der Waals surface area contributed by atoms with Gasteiger partial charge < -0.3 is 10.1 Å². The van der Waals surface area contributed by atoms with Crippen LogP contribution in [0.4, 0.5) is 22.0 Å². The molecule has 0 saturated carbocycles. The highest BCUT2D eigenvalue weighted by molar-refractivity contribution is 7.90. The van der Waals surface area contributed by atoms with Gasteiger partial charge in [-0.1, -0.05) is 37.3 Å². The molecule has 11 nitrogen and oxygen atoms in total. The van der Waals surface area contributed by atoms with Crippen LogP contribution in [-0.2, 0) is 27.5 Å². The van der Waals surface area contributed by atoms with Crippen LogP contribution >= 0.6 is 0 Å². The summed E-state index contributed by atoms with van der Waals surface area (Å²) in [6.45, 7) is 2.41. The SMILES string of the molecule is CCc1c(NC(=O)OCCS(C)(=O)=O)cn2ncnc(Nc3ccc4c(cnn4Cc4ccccc4)c3)c12. The zero-order valence-corrected chi connectivity index (χ0v) is 21.8. The predicted molar refractivity (Wildman–Crippen MR) is 146 cm³/mol. The van der Waals surface area contributed by atoms with Gasteiger partial charge in [0.15, 0.2) is 15.7 Å². The molecule has 1 amide bonds. The summed E-state index contributed by atoms with van der Waals surface area (Å²) in [5.74, 6) is 0.333. The molecule has 0 bridgehead atoms. The van der Waals surface area contributed by atoms with Crippen molar-refractivity contribution in [1.29, 1.82) is 0 Å². The lowest BCUT2D eigenvalue weighted by Gasteiger charge is -2.10. The van der Waals surface area contributed by atoms with Crippen molar-refractivity contribution in [1.82, 2.24) is 24.4 Å². The molecule has 38 heavy (non-hydrogen) atoms. The molecule has 12 heteroatoms. The smallest absolute Gasteiger partial charge is 0.411 e. The average molecular weight is 534 g/mol. The first kappa shape index (κ1) is 25.2. The summed E-state index contributed by atoms with van der Waals surface area (Å²) in [4.78, 5) is 16.7. The Kier molecular flexibility index (Phi) is 6.97. The second-order valence-electron chi connectivity index (χ2n) is 8.85. The highest BCUT2D eigenvalue weighted by Gasteiger charge is 2.18. The molecule has 0 saturated heterocycles. The molecule has 0 aliphatic carbocycles. The zero-order valence-electron chi connectivity index (χ0n) is 21.0. The van der Waals surface area contributed by atoms with Crippen LogP contribution in [0.5, 0.6) is 0 Å². The second-order valence-corrected chi connectivity index (χ2v) is 11.1. The minimum absolute atomic E-state index is 0.226. The Hall–Kier alpha value is -4.45. The minimum Gasteiger partial charge on any atom is -0.448 e. The number of nitrogens with zero attached hydrogens (tertiary/aromatic N) is 5. The number of aryl methyl sites for hydroxylation is 1. The molecule has 0 spiro atoms. The van der Waals surface area contributed by atoms with E-state index < -0.39 is 15.9 Å². The summed E-state index contributed by atoms with van der Waals surface area (Å²) in [5.41, 5.74) is 5.05. The third-order valence-electron chi connectivity index (χ3n) is 6.04. The van der Waals surface area contributed by atoms with E-state index in [2.05, 4.69) is 37.9 Å². The second kappa shape index (κ2) is 10.5. The number of rotatable bonds is 9. The van der Waals surface area contributed by atoms with Crippen LogP contribution in [0.15, 0.2) is 67.3 Å². The van der Waals surface area contributed by atoms with E-state index in [1.54, 1.807) is 10.7 Å². The first-order valence-corrected chi connectivity index (χ1v) is 14.1. The Morgan fingerprint density at radius 1 is 1.11 bits per heavy atom. The summed E-state index contributed by atoms with van der Waals surface area (Å²) in [7, 11) is -3.23. The van der Waals surface area contributed by atoms with Crippen molar-refractivity contribution in [2.45, 2.75) is 19.9 Å². The van der Waals surface area contributed by atoms with Crippen LogP contribution in [-0.4, -0.2) is 57.5 Å². The highest BCUT2D eigenvalue weighted by atomic mass is 32.2. The van der Waals surface area contributed by atoms with Gasteiger partial charge in [0.1, 0.15) is 18.5 Å². The van der Waals surface area contributed by atoms with Crippen molar-refractivity contribution in [2.75, 3.05) is 29.2 Å². The molecule has 0 radical (unpaired) electrons. The lowest BCUT2D eigenvalue weighted by molar-refractivity contribution is 0.168. The van der Waals surface area contributed by atoms with Gasteiger partial charge in [-0.2, -0.15) is 10.2 Å². The number of nitrogens with one attached hydrogen (secondary N) is 2. The maximum atomic E-state index is 12.3. The van der Waals surface area contributed by atoms with Gasteiger partial charge in [0, 0.05) is 22.9 Å². The van der Waals surface area contributed by atoms with E-state index in [1.807, 2.05) is 54.2 Å². The monoisotopic (exact) mass is 533 g/mol. The van der Waals surface area contributed by atoms with E-state index in [1.165, 1.54) is 11.9 Å². The molecule has 0 aliphatic heterocycles. The molecule has 3 heterocycles. The van der Waals surface area contributed by atoms with Gasteiger partial charge in [-0.15, -0.1) is 0 Å². The largest absolute Gasteiger partial charge is 0.448 e. The Bertz CT molecular complexity index is 1710. The number of ether oxygens (including phenoxy) is 1. The third kappa shape index (κ3) is 5.59. The van der Waals surface area contributed by atoms with Gasteiger partial charge >= 0.3 is 6.09 Å². The number of anilines is 3. The fourth-order valence-corrected chi connectivity index (χ4v) is 4.63. The van der Waals surface area contributed by atoms with Crippen molar-refractivity contribution < 1.29 is 17.9 Å². The number of carbonyl (C=O) groups is 1. The van der Waals surface area contributed by atoms with Crippen LogP contribution in [0, 0.1) is 0 Å². The first-order valence-electron chi connectivity index (χ1n) is 12.0. The van der Waals surface area contributed by atoms with Crippen LogP contribution in [0.25, 0.3) is 16.4 Å². The minimum atomic E-state index is -3.23. The average Bonchev–Trinajstić information content (AvgIpc) is 3.44. The molecular formula is C26H27N7O4S. The first-order chi connectivity index (χ1) is 18.3. The number of benzene rings is 2. The van der Waals surface area contributed by atoms with Gasteiger partial charge in [0.05, 0.1) is 35.9 Å². The van der Waals surface area contributed by atoms with Gasteiger partial charge in [-0.3, -0.25) is 10.00 Å². The quantitative estimate of drug-likeness (QED) is 0.290. The predicted octanol–water partition coefficient (Wildman–Crippen LogP) is 4.03. The van der Waals surface area contributed by atoms with Gasteiger partial charge in [0.25, 0.3) is 0 Å². The maximum absolute atomic E-state index is 12.3. The van der Waals surface area contributed by atoms with E-state index in [-0.39, 0.29) is 12.4 Å². The Morgan fingerprint density at radius 2 is 1.92 bits per heavy atom. The molecule has 5 aromatic rings. The molecule has 3 aromatic heterocycles. The van der Waals surface area contributed by atoms with Crippen molar-refractivity contribution >= 4 is 49.5 Å². The van der Waals surface area contributed by atoms with Crippen molar-refractivity contribution in [3.8, 4) is 0 Å². The summed E-state index contributed by atoms with van der Waals surface area (Å²) >= 11 is 0. The number of fused-ring (bicyclic) bond motifs is 2. The normalized spacial score (nSPS) is 11.6. The van der Waals surface area contributed by atoms with Crippen molar-refractivity contribution in [3.63, 3.8) is 0 Å². The number of hydrogen-bond donors (Lipinski definition) is 2. The van der Waals surface area contributed by atoms with Crippen molar-refractivity contribution in [3.05, 3.63) is 78.4 Å². The van der Waals surface area contributed by atoms with Crippen LogP contribution < -0.4 is 10.6 Å². The lowest BCUT2D eigenvalue weighted by atomic mass is 10.2. The van der Waals surface area contributed by atoms with E-state index in [0.29, 0.717) is 30.0 Å². The molecule has 2 aromatic carbocycles. The topological polar surface area (TPSA) is 133 Å². The molecule has 0 atom stereocenters. The molecule has 2 N–H and O–H groups in total. The van der Waals surface area contributed by atoms with E-state index >= 15 is 0 Å². The Labute approximate surface area is 219 Å². The Balaban J connectivity index is 1.37. The Morgan fingerprint density at radius 3 is 2.68 bits per heavy atom. The molecule has 196 valence electrons. The van der Waals surface area contributed by atoms with Crippen LogP contribution in [0.3, 0.4) is 0 Å². The van der Waals surface area contributed by atoms with Gasteiger partial charge in [0.2, 0.25) is 0 Å². The third-order valence-corrected chi connectivity index (χ3v) is 6.94. The number of sulfone groups is 1. The standard InChI is InChI=1S/C26H27N7O4S/c1-3-21-22(31-26(34)37-11-12-38(2,35)36)16-33-24(21)25(27-17-29-33)30-20-9-10-23-19(13-20)14-28-32(23)15-18-7-5-4-6-8-18/h4-10,13-14,16-17H,3,11-12,15H2,1-2H3,(H,31,34)(H,27,29,30). The molecular weight excluding hydrogens is 506 g/mol. The zero-order chi connectivity index (χ0) is 26.7. The number of aromatic nitrogens is 5. The highest BCUT2D eigenvalue weighted by Crippen LogP contribution is 2.30. The van der Waals surface area contributed by atoms with Crippen molar-refractivity contribution in [2.24, 2.45) is 0 Å². The number of carbonyl (C=O) groups excluding carboxylic acids is 1. The maximum Gasteiger partial charge on any atom is 0.411 e. The van der Waals surface area contributed by atoms with Gasteiger partial charge in [-0.05, 0) is 30.2 Å². The fourth-order valence-electron chi connectivity index (χ4n) is 4.25. The summed E-state index contributed by atoms with van der Waals surface area (Å²) in [5, 5.41) is 15.9.